The highest BCUT2D eigenvalue weighted by atomic mass is 32.2. The highest BCUT2D eigenvalue weighted by molar-refractivity contribution is 8.14. The van der Waals surface area contributed by atoms with Crippen molar-refractivity contribution in [2.75, 3.05) is 20.1 Å². The van der Waals surface area contributed by atoms with Crippen LogP contribution in [0.2, 0.25) is 0 Å². The van der Waals surface area contributed by atoms with Gasteiger partial charge in [0.25, 0.3) is 0 Å². The predicted molar refractivity (Wildman–Crippen MR) is 116 cm³/mol. The van der Waals surface area contributed by atoms with E-state index in [1.165, 1.54) is 36.4 Å². The van der Waals surface area contributed by atoms with Gasteiger partial charge in [-0.1, -0.05) is 18.0 Å². The first kappa shape index (κ1) is 19.2. The van der Waals surface area contributed by atoms with Crippen molar-refractivity contribution in [1.29, 1.82) is 0 Å². The third-order valence-electron chi connectivity index (χ3n) is 5.75. The molecule has 1 N–H and O–H groups in total. The molecular weight excluding hydrogens is 368 g/mol. The van der Waals surface area contributed by atoms with E-state index in [4.69, 9.17) is 0 Å². The molecule has 5 nitrogen and oxygen atoms in total. The molecule has 1 aromatic heterocycles. The van der Waals surface area contributed by atoms with Crippen molar-refractivity contribution in [1.82, 2.24) is 20.1 Å². The molecule has 2 aliphatic heterocycles. The highest BCUT2D eigenvalue weighted by Crippen LogP contribution is 2.35. The van der Waals surface area contributed by atoms with E-state index in [0.717, 1.165) is 11.1 Å². The van der Waals surface area contributed by atoms with E-state index in [9.17, 15) is 4.79 Å². The maximum atomic E-state index is 12.5. The summed E-state index contributed by atoms with van der Waals surface area (Å²) in [5.41, 5.74) is 3.44. The fraction of sp³-hybridized carbons (Fsp3) is 0.409. The molecule has 1 unspecified atom stereocenters. The quantitative estimate of drug-likeness (QED) is 0.805. The Morgan fingerprint density at radius 2 is 1.89 bits per heavy atom. The van der Waals surface area contributed by atoms with Gasteiger partial charge >= 0.3 is 6.03 Å². The second-order valence-corrected chi connectivity index (χ2v) is 9.73. The SMILES string of the molecule is C=S(c1ccc(CNC(=O)N2Cc3ccncc3C2)cc1)C1CCN(C)CC1. The summed E-state index contributed by atoms with van der Waals surface area (Å²) in [5.74, 6) is 4.46. The van der Waals surface area contributed by atoms with Crippen LogP contribution < -0.4 is 5.32 Å². The second-order valence-electron chi connectivity index (χ2n) is 7.73. The molecule has 3 heterocycles. The largest absolute Gasteiger partial charge is 0.334 e. The van der Waals surface area contributed by atoms with Crippen molar-refractivity contribution in [3.63, 3.8) is 0 Å². The molecule has 1 atom stereocenters. The number of urea groups is 1. The lowest BCUT2D eigenvalue weighted by Gasteiger charge is -2.31. The number of aromatic nitrogens is 1. The first-order chi connectivity index (χ1) is 13.6. The molecule has 2 amide bonds. The molecule has 6 heteroatoms. The molecule has 0 aliphatic carbocycles. The lowest BCUT2D eigenvalue weighted by Crippen LogP contribution is -2.35. The van der Waals surface area contributed by atoms with Gasteiger partial charge in [0.2, 0.25) is 0 Å². The van der Waals surface area contributed by atoms with Crippen molar-refractivity contribution in [2.24, 2.45) is 0 Å². The zero-order chi connectivity index (χ0) is 19.5. The van der Waals surface area contributed by atoms with E-state index in [0.29, 0.717) is 24.9 Å². The average molecular weight is 397 g/mol. The Morgan fingerprint density at radius 1 is 1.18 bits per heavy atom. The zero-order valence-electron chi connectivity index (χ0n) is 16.4. The number of likely N-dealkylation sites (tertiary alicyclic amines) is 1. The number of nitrogens with zero attached hydrogens (tertiary/aromatic N) is 3. The minimum absolute atomic E-state index is 0.0245. The lowest BCUT2D eigenvalue weighted by molar-refractivity contribution is 0.198. The fourth-order valence-corrected chi connectivity index (χ4v) is 5.55. The maximum absolute atomic E-state index is 12.5. The number of nitrogens with one attached hydrogen (secondary N) is 1. The summed E-state index contributed by atoms with van der Waals surface area (Å²) in [7, 11) is 2.23. The van der Waals surface area contributed by atoms with E-state index in [-0.39, 0.29) is 16.5 Å². The number of carbonyl (C=O) groups excluding carboxylic acids is 1. The van der Waals surface area contributed by atoms with Gasteiger partial charge in [0.1, 0.15) is 0 Å². The van der Waals surface area contributed by atoms with Crippen LogP contribution in [0.3, 0.4) is 0 Å². The van der Waals surface area contributed by atoms with Gasteiger partial charge in [0.15, 0.2) is 0 Å². The number of pyridine rings is 1. The van der Waals surface area contributed by atoms with Crippen LogP contribution in [0.5, 0.6) is 0 Å². The van der Waals surface area contributed by atoms with Crippen LogP contribution in [0.25, 0.3) is 0 Å². The molecular formula is C22H28N4OS. The van der Waals surface area contributed by atoms with Crippen molar-refractivity contribution in [2.45, 2.75) is 42.6 Å². The van der Waals surface area contributed by atoms with E-state index in [2.05, 4.69) is 52.4 Å². The standard InChI is InChI=1S/C22H28N4OS/c1-25-11-8-21(9-12-25)28(2)20-5-3-17(4-6-20)13-24-22(27)26-15-18-7-10-23-14-19(18)16-26/h3-7,10,14,21H,2,8-9,11-13,15-16H2,1H3,(H,24,27). The van der Waals surface area contributed by atoms with Crippen LogP contribution in [0.15, 0.2) is 47.6 Å². The first-order valence-electron chi connectivity index (χ1n) is 9.85. The van der Waals surface area contributed by atoms with Crippen LogP contribution in [0.1, 0.15) is 29.5 Å². The van der Waals surface area contributed by atoms with Gasteiger partial charge in [-0.3, -0.25) is 4.98 Å². The second kappa shape index (κ2) is 8.45. The van der Waals surface area contributed by atoms with Gasteiger partial charge in [-0.2, -0.15) is 10.5 Å². The van der Waals surface area contributed by atoms with Gasteiger partial charge in [-0.05, 0) is 67.9 Å². The number of amides is 2. The summed E-state index contributed by atoms with van der Waals surface area (Å²) in [6, 6.07) is 10.6. The smallest absolute Gasteiger partial charge is 0.318 e. The van der Waals surface area contributed by atoms with Crippen molar-refractivity contribution in [3.8, 4) is 0 Å². The number of hydrogen-bond acceptors (Lipinski definition) is 3. The zero-order valence-corrected chi connectivity index (χ0v) is 17.3. The van der Waals surface area contributed by atoms with Crippen LogP contribution in [-0.4, -0.2) is 52.1 Å². The van der Waals surface area contributed by atoms with Gasteiger partial charge in [0.05, 0.1) is 0 Å². The Balaban J connectivity index is 1.29. The van der Waals surface area contributed by atoms with E-state index < -0.39 is 0 Å². The molecule has 1 saturated heterocycles. The summed E-state index contributed by atoms with van der Waals surface area (Å²) in [5, 5.41) is 3.73. The summed E-state index contributed by atoms with van der Waals surface area (Å²) < 4.78 is 0. The van der Waals surface area contributed by atoms with Gasteiger partial charge in [0, 0.05) is 42.2 Å². The van der Waals surface area contributed by atoms with Crippen molar-refractivity contribution >= 4 is 22.4 Å². The monoisotopic (exact) mass is 396 g/mol. The number of carbonyl (C=O) groups is 1. The Bertz CT molecular complexity index is 834. The van der Waals surface area contributed by atoms with Crippen LogP contribution >= 0.6 is 10.5 Å². The topological polar surface area (TPSA) is 48.5 Å². The first-order valence-corrected chi connectivity index (χ1v) is 11.3. The molecule has 2 aromatic rings. The van der Waals surface area contributed by atoms with Crippen LogP contribution in [0, 0.1) is 0 Å². The Labute approximate surface area is 169 Å². The third kappa shape index (κ3) is 4.28. The molecule has 28 heavy (non-hydrogen) atoms. The molecule has 1 aromatic carbocycles. The molecule has 148 valence electrons. The lowest BCUT2D eigenvalue weighted by atomic mass is 10.1. The van der Waals surface area contributed by atoms with Crippen LogP contribution in [-0.2, 0) is 19.6 Å². The van der Waals surface area contributed by atoms with Crippen molar-refractivity contribution in [3.05, 3.63) is 59.4 Å². The molecule has 4 rings (SSSR count). The predicted octanol–water partition coefficient (Wildman–Crippen LogP) is 3.46. The Hall–Kier alpha value is -2.18. The fourth-order valence-electron chi connectivity index (χ4n) is 3.90. The third-order valence-corrected chi connectivity index (χ3v) is 7.91. The number of benzene rings is 1. The van der Waals surface area contributed by atoms with Gasteiger partial charge in [-0.25, -0.2) is 4.79 Å². The maximum Gasteiger partial charge on any atom is 0.318 e. The summed E-state index contributed by atoms with van der Waals surface area (Å²) >= 11 is 0. The Kier molecular flexibility index (Phi) is 5.78. The molecule has 0 spiro atoms. The Morgan fingerprint density at radius 3 is 2.61 bits per heavy atom. The van der Waals surface area contributed by atoms with Gasteiger partial charge < -0.3 is 15.1 Å². The van der Waals surface area contributed by atoms with E-state index >= 15 is 0 Å². The minimum Gasteiger partial charge on any atom is -0.334 e. The number of rotatable bonds is 4. The summed E-state index contributed by atoms with van der Waals surface area (Å²) in [6.07, 6.45) is 6.09. The number of piperidine rings is 1. The normalized spacial score (nSPS) is 18.7. The van der Waals surface area contributed by atoms with E-state index in [1.54, 1.807) is 6.20 Å². The van der Waals surface area contributed by atoms with E-state index in [1.807, 2.05) is 17.2 Å². The summed E-state index contributed by atoms with van der Waals surface area (Å²) in [4.78, 5) is 22.2. The van der Waals surface area contributed by atoms with Gasteiger partial charge in [-0.15, -0.1) is 0 Å². The number of hydrogen-bond donors (Lipinski definition) is 1. The molecule has 0 bridgehead atoms. The molecule has 0 radical (unpaired) electrons. The molecule has 0 saturated carbocycles. The highest BCUT2D eigenvalue weighted by Gasteiger charge is 2.23. The molecule has 1 fully saturated rings. The minimum atomic E-state index is -0.0245. The molecule has 2 aliphatic rings. The van der Waals surface area contributed by atoms with Crippen molar-refractivity contribution < 1.29 is 4.79 Å². The summed E-state index contributed by atoms with van der Waals surface area (Å²) in [6.45, 7) is 4.18. The number of fused-ring (bicyclic) bond motifs is 1. The average Bonchev–Trinajstić information content (AvgIpc) is 3.17. The van der Waals surface area contributed by atoms with Crippen LogP contribution in [0.4, 0.5) is 4.79 Å².